The van der Waals surface area contributed by atoms with Crippen molar-refractivity contribution in [3.05, 3.63) is 29.3 Å². The van der Waals surface area contributed by atoms with Crippen LogP contribution in [-0.2, 0) is 4.79 Å². The maximum Gasteiger partial charge on any atom is 0.236 e. The third-order valence-corrected chi connectivity index (χ3v) is 3.59. The first kappa shape index (κ1) is 18.1. The average Bonchev–Trinajstić information content (AvgIpc) is 3.25. The lowest BCUT2D eigenvalue weighted by Crippen LogP contribution is -2.38. The summed E-state index contributed by atoms with van der Waals surface area (Å²) in [4.78, 5) is 13.5. The Balaban J connectivity index is 0.00000220. The second kappa shape index (κ2) is 9.13. The highest BCUT2D eigenvalue weighted by molar-refractivity contribution is 6.30. The number of rotatable bonds is 8. The lowest BCUT2D eigenvalue weighted by atomic mass is 10.3. The highest BCUT2D eigenvalue weighted by Crippen LogP contribution is 2.27. The number of nitrogens with zero attached hydrogens (tertiary/aromatic N) is 1. The van der Waals surface area contributed by atoms with Gasteiger partial charge in [0.2, 0.25) is 5.91 Å². The van der Waals surface area contributed by atoms with Crippen LogP contribution >= 0.6 is 24.0 Å². The largest absolute Gasteiger partial charge is 0.492 e. The van der Waals surface area contributed by atoms with E-state index < -0.39 is 0 Å². The minimum Gasteiger partial charge on any atom is -0.492 e. The number of likely N-dealkylation sites (N-methyl/N-ethyl adjacent to an activating group) is 1. The second-order valence-electron chi connectivity index (χ2n) is 5.19. The van der Waals surface area contributed by atoms with E-state index in [0.29, 0.717) is 24.7 Å². The summed E-state index contributed by atoms with van der Waals surface area (Å²) >= 11 is 5.80. The predicted octanol–water partition coefficient (Wildman–Crippen LogP) is 2.60. The van der Waals surface area contributed by atoms with Gasteiger partial charge in [0.1, 0.15) is 12.4 Å². The predicted molar refractivity (Wildman–Crippen MR) is 87.4 cm³/mol. The normalized spacial score (nSPS) is 13.4. The van der Waals surface area contributed by atoms with Crippen LogP contribution in [0.2, 0.25) is 5.02 Å². The van der Waals surface area contributed by atoms with Gasteiger partial charge in [-0.25, -0.2) is 0 Å². The van der Waals surface area contributed by atoms with Gasteiger partial charge in [0.25, 0.3) is 0 Å². The number of halogens is 2. The third kappa shape index (κ3) is 7.02. The molecular weight excluding hydrogens is 311 g/mol. The quantitative estimate of drug-likeness (QED) is 0.795. The number of hydrogen-bond donors (Lipinski definition) is 1. The Labute approximate surface area is 137 Å². The van der Waals surface area contributed by atoms with Crippen molar-refractivity contribution in [2.75, 3.05) is 33.3 Å². The molecule has 1 aromatic rings. The number of amides is 1. The van der Waals surface area contributed by atoms with Gasteiger partial charge in [-0.3, -0.25) is 4.79 Å². The summed E-state index contributed by atoms with van der Waals surface area (Å²) in [6.45, 7) is 2.42. The summed E-state index contributed by atoms with van der Waals surface area (Å²) in [5, 5.41) is 3.88. The Bertz CT molecular complexity index is 436. The molecule has 0 aromatic heterocycles. The fraction of sp³-hybridized carbons (Fsp3) is 0.533. The average molecular weight is 333 g/mol. The summed E-state index contributed by atoms with van der Waals surface area (Å²) in [6.07, 6.45) is 2.60. The zero-order chi connectivity index (χ0) is 14.4. The number of carbonyl (C=O) groups excluding carboxylic acids is 1. The lowest BCUT2D eigenvalue weighted by molar-refractivity contribution is -0.129. The molecule has 0 heterocycles. The van der Waals surface area contributed by atoms with Crippen LogP contribution in [0.1, 0.15) is 12.8 Å². The summed E-state index contributed by atoms with van der Waals surface area (Å²) in [5.74, 6) is 1.66. The first-order valence-corrected chi connectivity index (χ1v) is 7.36. The van der Waals surface area contributed by atoms with Crippen molar-refractivity contribution in [2.24, 2.45) is 5.92 Å². The summed E-state index contributed by atoms with van der Waals surface area (Å²) < 4.78 is 5.56. The first-order valence-electron chi connectivity index (χ1n) is 6.98. The van der Waals surface area contributed by atoms with Crippen LogP contribution in [-0.4, -0.2) is 44.1 Å². The zero-order valence-corrected chi connectivity index (χ0v) is 13.8. The fourth-order valence-electron chi connectivity index (χ4n) is 1.80. The Morgan fingerprint density at radius 2 is 2.05 bits per heavy atom. The molecule has 118 valence electrons. The molecule has 1 N–H and O–H groups in total. The molecule has 0 radical (unpaired) electrons. The van der Waals surface area contributed by atoms with Crippen molar-refractivity contribution in [3.63, 3.8) is 0 Å². The van der Waals surface area contributed by atoms with Crippen molar-refractivity contribution in [1.82, 2.24) is 10.2 Å². The smallest absolute Gasteiger partial charge is 0.236 e. The molecule has 0 atom stereocenters. The van der Waals surface area contributed by atoms with Crippen molar-refractivity contribution in [1.29, 1.82) is 0 Å². The molecule has 0 saturated heterocycles. The molecule has 1 fully saturated rings. The summed E-state index contributed by atoms with van der Waals surface area (Å²) in [5.41, 5.74) is 0. The molecule has 0 unspecified atom stereocenters. The molecule has 0 spiro atoms. The molecule has 4 nitrogen and oxygen atoms in total. The molecule has 1 aromatic carbocycles. The van der Waals surface area contributed by atoms with Crippen LogP contribution < -0.4 is 10.1 Å². The molecule has 6 heteroatoms. The standard InChI is InChI=1S/C15H21ClN2O2.ClH/c1-18(15(19)11-17-10-12-2-3-12)8-9-20-14-6-4-13(16)5-7-14;/h4-7,12,17H,2-3,8-11H2,1H3;1H. The van der Waals surface area contributed by atoms with Crippen LogP contribution in [0, 0.1) is 5.92 Å². The molecule has 1 amide bonds. The van der Waals surface area contributed by atoms with Gasteiger partial charge in [-0.05, 0) is 49.6 Å². The van der Waals surface area contributed by atoms with Crippen LogP contribution in [0.5, 0.6) is 5.75 Å². The van der Waals surface area contributed by atoms with E-state index in [1.807, 2.05) is 12.1 Å². The molecule has 2 rings (SSSR count). The SMILES string of the molecule is CN(CCOc1ccc(Cl)cc1)C(=O)CNCC1CC1.Cl. The van der Waals surface area contributed by atoms with Crippen LogP contribution in [0.3, 0.4) is 0 Å². The third-order valence-electron chi connectivity index (χ3n) is 3.34. The Morgan fingerprint density at radius 3 is 2.67 bits per heavy atom. The minimum atomic E-state index is 0. The Kier molecular flexibility index (Phi) is 7.86. The van der Waals surface area contributed by atoms with E-state index in [9.17, 15) is 4.79 Å². The van der Waals surface area contributed by atoms with Gasteiger partial charge in [-0.2, -0.15) is 0 Å². The van der Waals surface area contributed by atoms with Gasteiger partial charge < -0.3 is 15.0 Å². The van der Waals surface area contributed by atoms with Gasteiger partial charge in [0, 0.05) is 12.1 Å². The van der Waals surface area contributed by atoms with Crippen molar-refractivity contribution >= 4 is 29.9 Å². The molecule has 1 aliphatic rings. The van der Waals surface area contributed by atoms with E-state index in [1.54, 1.807) is 24.1 Å². The van der Waals surface area contributed by atoms with Crippen LogP contribution in [0.25, 0.3) is 0 Å². The molecule has 1 saturated carbocycles. The minimum absolute atomic E-state index is 0. The monoisotopic (exact) mass is 332 g/mol. The number of nitrogens with one attached hydrogen (secondary N) is 1. The summed E-state index contributed by atoms with van der Waals surface area (Å²) in [7, 11) is 1.80. The zero-order valence-electron chi connectivity index (χ0n) is 12.2. The van der Waals surface area contributed by atoms with Crippen molar-refractivity contribution in [3.8, 4) is 5.75 Å². The van der Waals surface area contributed by atoms with Gasteiger partial charge in [0.05, 0.1) is 13.1 Å². The molecule has 0 aliphatic heterocycles. The van der Waals surface area contributed by atoms with E-state index in [-0.39, 0.29) is 18.3 Å². The number of hydrogen-bond acceptors (Lipinski definition) is 3. The lowest BCUT2D eigenvalue weighted by Gasteiger charge is -2.17. The maximum absolute atomic E-state index is 11.8. The van der Waals surface area contributed by atoms with E-state index in [2.05, 4.69) is 5.32 Å². The summed E-state index contributed by atoms with van der Waals surface area (Å²) in [6, 6.07) is 7.21. The van der Waals surface area contributed by atoms with Gasteiger partial charge in [-0.1, -0.05) is 11.6 Å². The topological polar surface area (TPSA) is 41.6 Å². The Morgan fingerprint density at radius 1 is 1.38 bits per heavy atom. The number of benzene rings is 1. The van der Waals surface area contributed by atoms with Crippen molar-refractivity contribution < 1.29 is 9.53 Å². The van der Waals surface area contributed by atoms with Gasteiger partial charge >= 0.3 is 0 Å². The van der Waals surface area contributed by atoms with Crippen molar-refractivity contribution in [2.45, 2.75) is 12.8 Å². The van der Waals surface area contributed by atoms with Crippen LogP contribution in [0.15, 0.2) is 24.3 Å². The maximum atomic E-state index is 11.8. The highest BCUT2D eigenvalue weighted by atomic mass is 35.5. The van der Waals surface area contributed by atoms with Gasteiger partial charge in [-0.15, -0.1) is 12.4 Å². The molecule has 1 aliphatic carbocycles. The van der Waals surface area contributed by atoms with E-state index in [4.69, 9.17) is 16.3 Å². The number of carbonyl (C=O) groups is 1. The molecule has 21 heavy (non-hydrogen) atoms. The highest BCUT2D eigenvalue weighted by Gasteiger charge is 2.20. The van der Waals surface area contributed by atoms with E-state index in [1.165, 1.54) is 12.8 Å². The van der Waals surface area contributed by atoms with E-state index in [0.717, 1.165) is 18.2 Å². The van der Waals surface area contributed by atoms with E-state index >= 15 is 0 Å². The molecular formula is C15H22Cl2N2O2. The number of ether oxygens (including phenoxy) is 1. The second-order valence-corrected chi connectivity index (χ2v) is 5.63. The fourth-order valence-corrected chi connectivity index (χ4v) is 1.92. The first-order chi connectivity index (χ1) is 9.65. The van der Waals surface area contributed by atoms with Crippen LogP contribution in [0.4, 0.5) is 0 Å². The van der Waals surface area contributed by atoms with Gasteiger partial charge in [0.15, 0.2) is 0 Å². The molecule has 0 bridgehead atoms. The Hall–Kier alpha value is -0.970.